The minimum atomic E-state index is -1.18. The SMILES string of the molecule is COc1cc(/C=C/C(=O)C(Cc2ccccc2F)C(=O)/C=C/c2cc(OC)c(OC)c(OC)c2)cc(OC)c1OC. The van der Waals surface area contributed by atoms with Crippen molar-refractivity contribution in [1.29, 1.82) is 0 Å². The van der Waals surface area contributed by atoms with Gasteiger partial charge in [0.25, 0.3) is 0 Å². The van der Waals surface area contributed by atoms with Crippen LogP contribution < -0.4 is 28.4 Å². The van der Waals surface area contributed by atoms with Gasteiger partial charge in [-0.25, -0.2) is 4.39 Å². The van der Waals surface area contributed by atoms with Crippen LogP contribution in [-0.2, 0) is 16.0 Å². The first kappa shape index (κ1) is 30.7. The fourth-order valence-electron chi connectivity index (χ4n) is 4.21. The monoisotopic (exact) mass is 564 g/mol. The van der Waals surface area contributed by atoms with Crippen molar-refractivity contribution in [3.05, 3.63) is 83.2 Å². The molecule has 0 aliphatic rings. The van der Waals surface area contributed by atoms with Gasteiger partial charge >= 0.3 is 0 Å². The molecule has 9 heteroatoms. The molecule has 41 heavy (non-hydrogen) atoms. The number of hydrogen-bond acceptors (Lipinski definition) is 8. The molecule has 0 saturated heterocycles. The summed E-state index contributed by atoms with van der Waals surface area (Å²) in [6.07, 6.45) is 5.53. The second-order valence-electron chi connectivity index (χ2n) is 8.74. The molecule has 0 aromatic heterocycles. The summed E-state index contributed by atoms with van der Waals surface area (Å²) < 4.78 is 46.7. The predicted molar refractivity (Wildman–Crippen MR) is 154 cm³/mol. The van der Waals surface area contributed by atoms with Crippen molar-refractivity contribution in [2.24, 2.45) is 5.92 Å². The molecule has 0 aliphatic heterocycles. The van der Waals surface area contributed by atoms with E-state index in [4.69, 9.17) is 28.4 Å². The van der Waals surface area contributed by atoms with Crippen LogP contribution in [0.3, 0.4) is 0 Å². The lowest BCUT2D eigenvalue weighted by Gasteiger charge is -2.14. The molecule has 0 heterocycles. The highest BCUT2D eigenvalue weighted by Crippen LogP contribution is 2.39. The first-order valence-corrected chi connectivity index (χ1v) is 12.6. The Labute approximate surface area is 238 Å². The second-order valence-corrected chi connectivity index (χ2v) is 8.74. The number of halogens is 1. The summed E-state index contributed by atoms with van der Waals surface area (Å²) in [7, 11) is 8.92. The van der Waals surface area contributed by atoms with E-state index in [0.29, 0.717) is 45.6 Å². The molecule has 0 atom stereocenters. The van der Waals surface area contributed by atoms with Gasteiger partial charge in [-0.15, -0.1) is 0 Å². The highest BCUT2D eigenvalue weighted by Gasteiger charge is 2.25. The minimum absolute atomic E-state index is 0.121. The molecule has 216 valence electrons. The fourth-order valence-corrected chi connectivity index (χ4v) is 4.21. The lowest BCUT2D eigenvalue weighted by molar-refractivity contribution is -0.127. The van der Waals surface area contributed by atoms with Gasteiger partial charge in [-0.3, -0.25) is 9.59 Å². The van der Waals surface area contributed by atoms with Crippen LogP contribution in [0.5, 0.6) is 34.5 Å². The molecule has 0 radical (unpaired) electrons. The molecule has 3 aromatic rings. The number of ketones is 2. The topological polar surface area (TPSA) is 89.5 Å². The molecule has 0 spiro atoms. The highest BCUT2D eigenvalue weighted by molar-refractivity contribution is 6.13. The van der Waals surface area contributed by atoms with Crippen molar-refractivity contribution in [1.82, 2.24) is 0 Å². The molecule has 0 bridgehead atoms. The number of ether oxygens (including phenoxy) is 6. The third kappa shape index (κ3) is 7.45. The zero-order chi connectivity index (χ0) is 29.9. The summed E-state index contributed by atoms with van der Waals surface area (Å²) in [5.41, 5.74) is 1.41. The Morgan fingerprint density at radius 3 is 1.39 bits per heavy atom. The van der Waals surface area contributed by atoms with E-state index < -0.39 is 23.3 Å². The van der Waals surface area contributed by atoms with Gasteiger partial charge in [0.05, 0.1) is 48.6 Å². The lowest BCUT2D eigenvalue weighted by Crippen LogP contribution is -2.24. The maximum atomic E-state index is 14.5. The van der Waals surface area contributed by atoms with Gasteiger partial charge in [0, 0.05) is 0 Å². The van der Waals surface area contributed by atoms with Crippen LogP contribution in [0, 0.1) is 11.7 Å². The summed E-state index contributed by atoms with van der Waals surface area (Å²) in [4.78, 5) is 26.8. The van der Waals surface area contributed by atoms with Crippen LogP contribution in [0.15, 0.2) is 60.7 Å². The van der Waals surface area contributed by atoms with E-state index >= 15 is 0 Å². The van der Waals surface area contributed by atoms with Crippen LogP contribution in [0.1, 0.15) is 16.7 Å². The second kappa shape index (κ2) is 14.6. The van der Waals surface area contributed by atoms with Gasteiger partial charge in [0.2, 0.25) is 11.5 Å². The van der Waals surface area contributed by atoms with Gasteiger partial charge in [-0.1, -0.05) is 30.4 Å². The lowest BCUT2D eigenvalue weighted by atomic mass is 9.90. The molecule has 0 aliphatic carbocycles. The van der Waals surface area contributed by atoms with E-state index in [1.54, 1.807) is 42.5 Å². The molecule has 8 nitrogen and oxygen atoms in total. The third-order valence-corrected chi connectivity index (χ3v) is 6.32. The Balaban J connectivity index is 1.95. The van der Waals surface area contributed by atoms with Crippen LogP contribution in [0.4, 0.5) is 4.39 Å². The van der Waals surface area contributed by atoms with E-state index in [2.05, 4.69) is 0 Å². The summed E-state index contributed by atoms with van der Waals surface area (Å²) in [5.74, 6) is -0.229. The van der Waals surface area contributed by atoms with Crippen LogP contribution >= 0.6 is 0 Å². The number of carbonyl (C=O) groups is 2. The van der Waals surface area contributed by atoms with Crippen molar-refractivity contribution >= 4 is 23.7 Å². The number of allylic oxidation sites excluding steroid dienone is 2. The van der Waals surface area contributed by atoms with Crippen molar-refractivity contribution in [2.75, 3.05) is 42.7 Å². The van der Waals surface area contributed by atoms with Crippen molar-refractivity contribution in [2.45, 2.75) is 6.42 Å². The molecule has 0 fully saturated rings. The number of benzene rings is 3. The molecule has 0 N–H and O–H groups in total. The van der Waals surface area contributed by atoms with Gasteiger partial charge < -0.3 is 28.4 Å². The maximum Gasteiger partial charge on any atom is 0.203 e. The largest absolute Gasteiger partial charge is 0.493 e. The first-order chi connectivity index (χ1) is 19.8. The Hall–Kier alpha value is -4.79. The minimum Gasteiger partial charge on any atom is -0.493 e. The van der Waals surface area contributed by atoms with Gasteiger partial charge in [-0.05, 0) is 65.6 Å². The number of carbonyl (C=O) groups excluding carboxylic acids is 2. The van der Waals surface area contributed by atoms with Crippen LogP contribution in [0.2, 0.25) is 0 Å². The van der Waals surface area contributed by atoms with E-state index in [1.807, 2.05) is 0 Å². The molecule has 3 rings (SSSR count). The average Bonchev–Trinajstić information content (AvgIpc) is 3.00. The van der Waals surface area contributed by atoms with Crippen LogP contribution in [-0.4, -0.2) is 54.2 Å². The van der Waals surface area contributed by atoms with E-state index in [1.165, 1.54) is 73.0 Å². The van der Waals surface area contributed by atoms with E-state index in [0.717, 1.165) is 0 Å². The first-order valence-electron chi connectivity index (χ1n) is 12.6. The number of methoxy groups -OCH3 is 6. The zero-order valence-corrected chi connectivity index (χ0v) is 23.9. The Bertz CT molecular complexity index is 1310. The summed E-state index contributed by atoms with van der Waals surface area (Å²) in [5, 5.41) is 0. The molecule has 0 amide bonds. The summed E-state index contributed by atoms with van der Waals surface area (Å²) >= 11 is 0. The summed E-state index contributed by atoms with van der Waals surface area (Å²) in [6.45, 7) is 0. The van der Waals surface area contributed by atoms with Gasteiger partial charge in [0.1, 0.15) is 5.82 Å². The Morgan fingerprint density at radius 1 is 0.659 bits per heavy atom. The Morgan fingerprint density at radius 2 is 1.05 bits per heavy atom. The third-order valence-electron chi connectivity index (χ3n) is 6.32. The fraction of sp³-hybridized carbons (Fsp3) is 0.250. The van der Waals surface area contributed by atoms with Crippen LogP contribution in [0.25, 0.3) is 12.2 Å². The molecular formula is C32H33FO8. The standard InChI is InChI=1S/C32H33FO8/c1-36-27-15-20(16-28(37-2)31(27)40-5)11-13-25(34)23(19-22-9-7-8-10-24(22)33)26(35)14-12-21-17-29(38-3)32(41-6)30(18-21)39-4/h7-18,23H,19H2,1-6H3/b13-11+,14-12+. The van der Waals surface area contributed by atoms with Crippen molar-refractivity contribution in [3.8, 4) is 34.5 Å². The molecular weight excluding hydrogens is 531 g/mol. The number of hydrogen-bond donors (Lipinski definition) is 0. The predicted octanol–water partition coefficient (Wildman–Crippen LogP) is 5.60. The van der Waals surface area contributed by atoms with E-state index in [9.17, 15) is 14.0 Å². The molecule has 0 unspecified atom stereocenters. The average molecular weight is 565 g/mol. The van der Waals surface area contributed by atoms with Gasteiger partial charge in [0.15, 0.2) is 34.6 Å². The molecule has 3 aromatic carbocycles. The zero-order valence-electron chi connectivity index (χ0n) is 23.9. The Kier molecular flexibility index (Phi) is 10.9. The molecule has 0 saturated carbocycles. The smallest absolute Gasteiger partial charge is 0.203 e. The van der Waals surface area contributed by atoms with Crippen molar-refractivity contribution in [3.63, 3.8) is 0 Å². The highest BCUT2D eigenvalue weighted by atomic mass is 19.1. The normalized spacial score (nSPS) is 11.1. The quantitative estimate of drug-likeness (QED) is 0.185. The van der Waals surface area contributed by atoms with Gasteiger partial charge in [-0.2, -0.15) is 0 Å². The maximum absolute atomic E-state index is 14.5. The van der Waals surface area contributed by atoms with E-state index in [-0.39, 0.29) is 12.0 Å². The summed E-state index contributed by atoms with van der Waals surface area (Å²) in [6, 6.07) is 12.7. The van der Waals surface area contributed by atoms with Crippen molar-refractivity contribution < 1.29 is 42.4 Å². The number of rotatable bonds is 14.